The van der Waals surface area contributed by atoms with Crippen molar-refractivity contribution in [1.82, 2.24) is 15.2 Å². The van der Waals surface area contributed by atoms with Crippen molar-refractivity contribution in [3.63, 3.8) is 0 Å². The van der Waals surface area contributed by atoms with Gasteiger partial charge in [-0.3, -0.25) is 20.4 Å². The van der Waals surface area contributed by atoms with Gasteiger partial charge < -0.3 is 0 Å². The van der Waals surface area contributed by atoms with Gasteiger partial charge in [0.1, 0.15) is 0 Å². The minimum atomic E-state index is -3.74. The summed E-state index contributed by atoms with van der Waals surface area (Å²) < 4.78 is 50.9. The van der Waals surface area contributed by atoms with E-state index in [9.17, 15) is 26.4 Å². The van der Waals surface area contributed by atoms with Crippen molar-refractivity contribution >= 4 is 31.7 Å². The van der Waals surface area contributed by atoms with E-state index in [2.05, 4.69) is 10.9 Å². The van der Waals surface area contributed by atoms with Crippen LogP contribution in [-0.2, 0) is 24.7 Å². The molecule has 0 fully saturated rings. The zero-order chi connectivity index (χ0) is 23.1. The predicted molar refractivity (Wildman–Crippen MR) is 115 cm³/mol. The summed E-state index contributed by atoms with van der Waals surface area (Å²) in [6.45, 7) is 4.00. The number of rotatable bonds is 9. The van der Waals surface area contributed by atoms with E-state index in [0.29, 0.717) is 0 Å². The molecule has 9 nitrogen and oxygen atoms in total. The fraction of sp³-hybridized carbons (Fsp3) is 0.300. The Kier molecular flexibility index (Phi) is 8.31. The lowest BCUT2D eigenvalue weighted by molar-refractivity contribution is -0.121. The van der Waals surface area contributed by atoms with E-state index in [1.54, 1.807) is 32.0 Å². The van der Waals surface area contributed by atoms with Gasteiger partial charge in [-0.1, -0.05) is 38.1 Å². The van der Waals surface area contributed by atoms with Crippen molar-refractivity contribution in [2.24, 2.45) is 0 Å². The standard InChI is InChI=1S/C20H25N3O6S2/c1-3-23(4-2)31(28,29)18-12-8-9-16(15-18)20(25)22-21-19(24)13-14-30(26,27)17-10-6-5-7-11-17/h5-12,15H,3-4,13-14H2,1-2H3,(H,21,24)(H,22,25). The molecule has 0 aliphatic heterocycles. The molecule has 0 bridgehead atoms. The first-order valence-electron chi connectivity index (χ1n) is 9.59. The molecule has 31 heavy (non-hydrogen) atoms. The van der Waals surface area contributed by atoms with E-state index in [1.807, 2.05) is 0 Å². The van der Waals surface area contributed by atoms with Crippen LogP contribution in [0.2, 0.25) is 0 Å². The number of sulfone groups is 1. The van der Waals surface area contributed by atoms with Gasteiger partial charge in [-0.2, -0.15) is 4.31 Å². The maximum atomic E-state index is 12.6. The second-order valence-corrected chi connectivity index (χ2v) is 10.5. The summed E-state index contributed by atoms with van der Waals surface area (Å²) in [5, 5.41) is 0. The number of hydrogen-bond acceptors (Lipinski definition) is 6. The van der Waals surface area contributed by atoms with Gasteiger partial charge in [0.2, 0.25) is 15.9 Å². The predicted octanol–water partition coefficient (Wildman–Crippen LogP) is 1.34. The normalized spacial score (nSPS) is 11.8. The fourth-order valence-corrected chi connectivity index (χ4v) is 5.51. The lowest BCUT2D eigenvalue weighted by Crippen LogP contribution is -2.42. The molecule has 0 saturated carbocycles. The van der Waals surface area contributed by atoms with E-state index in [1.165, 1.54) is 40.7 Å². The summed E-state index contributed by atoms with van der Waals surface area (Å²) in [7, 11) is -7.37. The Bertz CT molecular complexity index is 1130. The summed E-state index contributed by atoms with van der Waals surface area (Å²) in [5.74, 6) is -1.84. The molecule has 0 spiro atoms. The van der Waals surface area contributed by atoms with Gasteiger partial charge in [-0.05, 0) is 30.3 Å². The van der Waals surface area contributed by atoms with Crippen LogP contribution in [0.25, 0.3) is 0 Å². The number of hydrogen-bond donors (Lipinski definition) is 2. The van der Waals surface area contributed by atoms with Gasteiger partial charge >= 0.3 is 0 Å². The topological polar surface area (TPSA) is 130 Å². The summed E-state index contributed by atoms with van der Waals surface area (Å²) in [6.07, 6.45) is -0.353. The van der Waals surface area contributed by atoms with Gasteiger partial charge in [0.05, 0.1) is 15.5 Å². The zero-order valence-electron chi connectivity index (χ0n) is 17.2. The van der Waals surface area contributed by atoms with Gasteiger partial charge in [-0.15, -0.1) is 0 Å². The van der Waals surface area contributed by atoms with Crippen LogP contribution in [0.4, 0.5) is 0 Å². The second-order valence-electron chi connectivity index (χ2n) is 6.50. The summed E-state index contributed by atoms with van der Waals surface area (Å²) >= 11 is 0. The minimum absolute atomic E-state index is 0.0328. The number of nitrogens with zero attached hydrogens (tertiary/aromatic N) is 1. The van der Waals surface area contributed by atoms with E-state index in [0.717, 1.165) is 0 Å². The number of carbonyl (C=O) groups is 2. The van der Waals surface area contributed by atoms with Crippen molar-refractivity contribution in [2.45, 2.75) is 30.1 Å². The van der Waals surface area contributed by atoms with Crippen LogP contribution < -0.4 is 10.9 Å². The Balaban J connectivity index is 1.98. The van der Waals surface area contributed by atoms with Crippen molar-refractivity contribution in [2.75, 3.05) is 18.8 Å². The smallest absolute Gasteiger partial charge is 0.269 e. The second kappa shape index (κ2) is 10.5. The van der Waals surface area contributed by atoms with E-state index < -0.39 is 37.4 Å². The number of hydrazine groups is 1. The van der Waals surface area contributed by atoms with E-state index in [4.69, 9.17) is 0 Å². The number of sulfonamides is 1. The molecule has 0 aliphatic carbocycles. The number of amides is 2. The number of carbonyl (C=O) groups excluding carboxylic acids is 2. The molecule has 2 amide bonds. The largest absolute Gasteiger partial charge is 0.273 e. The molecule has 2 aromatic carbocycles. The van der Waals surface area contributed by atoms with Crippen LogP contribution in [0.5, 0.6) is 0 Å². The molecule has 11 heteroatoms. The molecule has 0 aromatic heterocycles. The highest BCUT2D eigenvalue weighted by atomic mass is 32.2. The maximum Gasteiger partial charge on any atom is 0.269 e. The molecule has 2 aromatic rings. The van der Waals surface area contributed by atoms with Gasteiger partial charge in [0.25, 0.3) is 5.91 Å². The van der Waals surface area contributed by atoms with E-state index in [-0.39, 0.29) is 34.9 Å². The molecule has 2 N–H and O–H groups in total. The molecule has 0 atom stereocenters. The van der Waals surface area contributed by atoms with Crippen molar-refractivity contribution in [3.8, 4) is 0 Å². The minimum Gasteiger partial charge on any atom is -0.273 e. The highest BCUT2D eigenvalue weighted by Gasteiger charge is 2.23. The molecule has 0 saturated heterocycles. The molecular weight excluding hydrogens is 442 g/mol. The van der Waals surface area contributed by atoms with Crippen molar-refractivity contribution < 1.29 is 26.4 Å². The molecule has 0 unspecified atom stereocenters. The lowest BCUT2D eigenvalue weighted by Gasteiger charge is -2.18. The van der Waals surface area contributed by atoms with Crippen molar-refractivity contribution in [1.29, 1.82) is 0 Å². The Morgan fingerprint density at radius 2 is 1.45 bits per heavy atom. The molecular formula is C20H25N3O6S2. The molecule has 168 valence electrons. The monoisotopic (exact) mass is 467 g/mol. The average molecular weight is 468 g/mol. The Morgan fingerprint density at radius 1 is 0.839 bits per heavy atom. The molecule has 2 rings (SSSR count). The highest BCUT2D eigenvalue weighted by Crippen LogP contribution is 2.17. The summed E-state index contributed by atoms with van der Waals surface area (Å²) in [6, 6.07) is 13.2. The van der Waals surface area contributed by atoms with Crippen molar-refractivity contribution in [3.05, 3.63) is 60.2 Å². The third kappa shape index (κ3) is 6.36. The summed E-state index contributed by atoms with van der Waals surface area (Å²) in [5.41, 5.74) is 4.35. The van der Waals surface area contributed by atoms with Gasteiger partial charge in [0.15, 0.2) is 9.84 Å². The fourth-order valence-electron chi connectivity index (χ4n) is 2.74. The first kappa shape index (κ1) is 24.5. The quantitative estimate of drug-likeness (QED) is 0.536. The average Bonchev–Trinajstić information content (AvgIpc) is 2.77. The Labute approximate surface area is 182 Å². The first-order valence-corrected chi connectivity index (χ1v) is 12.7. The molecule has 0 heterocycles. The molecule has 0 radical (unpaired) electrons. The number of benzene rings is 2. The third-order valence-corrected chi connectivity index (χ3v) is 8.23. The number of nitrogens with one attached hydrogen (secondary N) is 2. The maximum absolute atomic E-state index is 12.6. The van der Waals surface area contributed by atoms with Crippen LogP contribution in [-0.4, -0.2) is 51.8 Å². The third-order valence-electron chi connectivity index (χ3n) is 4.46. The van der Waals surface area contributed by atoms with Crippen LogP contribution in [0.15, 0.2) is 64.4 Å². The van der Waals surface area contributed by atoms with Crippen LogP contribution in [0.1, 0.15) is 30.6 Å². The SMILES string of the molecule is CCN(CC)S(=O)(=O)c1cccc(C(=O)NNC(=O)CCS(=O)(=O)c2ccccc2)c1. The Hall–Kier alpha value is -2.76. The first-order chi connectivity index (χ1) is 14.6. The Morgan fingerprint density at radius 3 is 2.06 bits per heavy atom. The van der Waals surface area contributed by atoms with Gasteiger partial charge in [0, 0.05) is 25.1 Å². The van der Waals surface area contributed by atoms with Crippen LogP contribution >= 0.6 is 0 Å². The van der Waals surface area contributed by atoms with Crippen LogP contribution in [0, 0.1) is 0 Å². The highest BCUT2D eigenvalue weighted by molar-refractivity contribution is 7.91. The molecule has 0 aliphatic rings. The summed E-state index contributed by atoms with van der Waals surface area (Å²) in [4.78, 5) is 24.3. The zero-order valence-corrected chi connectivity index (χ0v) is 18.9. The van der Waals surface area contributed by atoms with Gasteiger partial charge in [-0.25, -0.2) is 16.8 Å². The van der Waals surface area contributed by atoms with Crippen LogP contribution in [0.3, 0.4) is 0 Å². The van der Waals surface area contributed by atoms with E-state index >= 15 is 0 Å². The lowest BCUT2D eigenvalue weighted by atomic mass is 10.2.